The Morgan fingerprint density at radius 2 is 1.67 bits per heavy atom. The van der Waals surface area contributed by atoms with E-state index in [-0.39, 0.29) is 17.3 Å². The number of ether oxygens (including phenoxy) is 1. The van der Waals surface area contributed by atoms with Crippen molar-refractivity contribution in [1.29, 1.82) is 0 Å². The van der Waals surface area contributed by atoms with Gasteiger partial charge in [-0.25, -0.2) is 4.39 Å². The van der Waals surface area contributed by atoms with Gasteiger partial charge in [0.2, 0.25) is 0 Å². The molecule has 0 radical (unpaired) electrons. The SMILES string of the molecule is COc1cccc(-n2cc(C(=O)N(C)c3ccc(F)cc3)c3ccccc3c2=O)c1. The van der Waals surface area contributed by atoms with Gasteiger partial charge in [0.05, 0.1) is 18.4 Å². The molecule has 0 saturated carbocycles. The van der Waals surface area contributed by atoms with E-state index in [9.17, 15) is 14.0 Å². The van der Waals surface area contributed by atoms with E-state index in [0.717, 1.165) is 0 Å². The highest BCUT2D eigenvalue weighted by Gasteiger charge is 2.20. The Morgan fingerprint density at radius 3 is 2.37 bits per heavy atom. The number of carbonyl (C=O) groups excluding carboxylic acids is 1. The van der Waals surface area contributed by atoms with Crippen molar-refractivity contribution in [1.82, 2.24) is 4.57 Å². The zero-order valence-electron chi connectivity index (χ0n) is 16.5. The molecule has 1 heterocycles. The summed E-state index contributed by atoms with van der Waals surface area (Å²) in [6.07, 6.45) is 1.54. The number of anilines is 1. The van der Waals surface area contributed by atoms with E-state index >= 15 is 0 Å². The lowest BCUT2D eigenvalue weighted by atomic mass is 10.1. The van der Waals surface area contributed by atoms with Gasteiger partial charge in [0, 0.05) is 35.8 Å². The van der Waals surface area contributed by atoms with E-state index in [1.165, 1.54) is 33.7 Å². The number of methoxy groups -OCH3 is 1. The molecule has 0 unspecified atom stereocenters. The molecule has 0 atom stereocenters. The number of halogens is 1. The van der Waals surface area contributed by atoms with Crippen molar-refractivity contribution in [2.45, 2.75) is 0 Å². The first-order valence-corrected chi connectivity index (χ1v) is 9.32. The van der Waals surface area contributed by atoms with Gasteiger partial charge in [-0.1, -0.05) is 24.3 Å². The van der Waals surface area contributed by atoms with E-state index < -0.39 is 0 Å². The van der Waals surface area contributed by atoms with Crippen molar-refractivity contribution < 1.29 is 13.9 Å². The summed E-state index contributed by atoms with van der Waals surface area (Å²) in [5.41, 5.74) is 1.26. The quantitative estimate of drug-likeness (QED) is 0.508. The van der Waals surface area contributed by atoms with Crippen LogP contribution < -0.4 is 15.2 Å². The Balaban J connectivity index is 1.90. The van der Waals surface area contributed by atoms with Crippen molar-refractivity contribution in [3.05, 3.63) is 101 Å². The standard InChI is InChI=1S/C24H19FN2O3/c1-26(17-12-10-16(25)11-13-17)23(28)22-15-27(18-6-5-7-19(14-18)30-2)24(29)21-9-4-3-8-20(21)22/h3-15H,1-2H3. The third kappa shape index (κ3) is 3.43. The van der Waals surface area contributed by atoms with Gasteiger partial charge in [-0.05, 0) is 42.5 Å². The number of hydrogen-bond acceptors (Lipinski definition) is 3. The fourth-order valence-electron chi connectivity index (χ4n) is 3.38. The molecule has 5 nitrogen and oxygen atoms in total. The van der Waals surface area contributed by atoms with Gasteiger partial charge >= 0.3 is 0 Å². The van der Waals surface area contributed by atoms with E-state index in [1.54, 1.807) is 68.9 Å². The van der Waals surface area contributed by atoms with Crippen LogP contribution in [0.15, 0.2) is 83.8 Å². The smallest absolute Gasteiger partial charge is 0.262 e. The van der Waals surface area contributed by atoms with Crippen LogP contribution in [0.3, 0.4) is 0 Å². The molecule has 4 rings (SSSR count). The Morgan fingerprint density at radius 1 is 0.967 bits per heavy atom. The molecule has 0 N–H and O–H groups in total. The number of pyridine rings is 1. The van der Waals surface area contributed by atoms with Gasteiger partial charge in [0.25, 0.3) is 11.5 Å². The third-order valence-electron chi connectivity index (χ3n) is 5.01. The lowest BCUT2D eigenvalue weighted by Gasteiger charge is -2.19. The molecule has 0 aliphatic carbocycles. The zero-order chi connectivity index (χ0) is 21.3. The fourth-order valence-corrected chi connectivity index (χ4v) is 3.38. The van der Waals surface area contributed by atoms with Crippen LogP contribution in [0.1, 0.15) is 10.4 Å². The average Bonchev–Trinajstić information content (AvgIpc) is 2.79. The topological polar surface area (TPSA) is 51.5 Å². The van der Waals surface area contributed by atoms with Crippen LogP contribution in [0.25, 0.3) is 16.5 Å². The largest absolute Gasteiger partial charge is 0.497 e. The van der Waals surface area contributed by atoms with Crippen LogP contribution >= 0.6 is 0 Å². The molecular formula is C24H19FN2O3. The summed E-state index contributed by atoms with van der Waals surface area (Å²) in [7, 11) is 3.17. The molecule has 0 bridgehead atoms. The van der Waals surface area contributed by atoms with Crippen molar-refractivity contribution in [3.63, 3.8) is 0 Å². The van der Waals surface area contributed by atoms with Gasteiger partial charge in [0.15, 0.2) is 0 Å². The first-order chi connectivity index (χ1) is 14.5. The molecule has 0 aliphatic heterocycles. The molecule has 3 aromatic carbocycles. The number of hydrogen-bond donors (Lipinski definition) is 0. The normalized spacial score (nSPS) is 10.8. The van der Waals surface area contributed by atoms with E-state index in [1.807, 2.05) is 0 Å². The Labute approximate surface area is 172 Å². The summed E-state index contributed by atoms with van der Waals surface area (Å²) >= 11 is 0. The zero-order valence-corrected chi connectivity index (χ0v) is 16.5. The molecule has 1 amide bonds. The lowest BCUT2D eigenvalue weighted by Crippen LogP contribution is -2.29. The first-order valence-electron chi connectivity index (χ1n) is 9.32. The summed E-state index contributed by atoms with van der Waals surface area (Å²) in [5.74, 6) is -0.0880. The van der Waals surface area contributed by atoms with E-state index in [0.29, 0.717) is 33.5 Å². The number of amides is 1. The molecule has 0 fully saturated rings. The molecule has 1 aromatic heterocycles. The van der Waals surface area contributed by atoms with Crippen LogP contribution in [0.4, 0.5) is 10.1 Å². The number of fused-ring (bicyclic) bond motifs is 1. The van der Waals surface area contributed by atoms with Gasteiger partial charge in [-0.3, -0.25) is 14.2 Å². The molecule has 0 spiro atoms. The van der Waals surface area contributed by atoms with Gasteiger partial charge in [-0.15, -0.1) is 0 Å². The maximum atomic E-state index is 13.4. The second kappa shape index (κ2) is 7.83. The lowest BCUT2D eigenvalue weighted by molar-refractivity contribution is 0.0994. The molecule has 30 heavy (non-hydrogen) atoms. The maximum absolute atomic E-state index is 13.4. The first kappa shape index (κ1) is 19.4. The van der Waals surface area contributed by atoms with Crippen molar-refractivity contribution >= 4 is 22.4 Å². The number of carbonyl (C=O) groups is 1. The second-order valence-corrected chi connectivity index (χ2v) is 6.81. The predicted molar refractivity (Wildman–Crippen MR) is 115 cm³/mol. The predicted octanol–water partition coefficient (Wildman–Crippen LogP) is 4.42. The molecular weight excluding hydrogens is 383 g/mol. The van der Waals surface area contributed by atoms with Gasteiger partial charge in [0.1, 0.15) is 11.6 Å². The molecule has 4 aromatic rings. The van der Waals surface area contributed by atoms with Gasteiger partial charge in [-0.2, -0.15) is 0 Å². The summed E-state index contributed by atoms with van der Waals surface area (Å²) < 4.78 is 20.0. The minimum atomic E-state index is -0.378. The van der Waals surface area contributed by atoms with Crippen LogP contribution in [0.2, 0.25) is 0 Å². The summed E-state index contributed by atoms with van der Waals surface area (Å²) in [6, 6.07) is 19.7. The average molecular weight is 402 g/mol. The van der Waals surface area contributed by atoms with Crippen LogP contribution in [-0.4, -0.2) is 24.6 Å². The van der Waals surface area contributed by atoms with Crippen molar-refractivity contribution in [2.24, 2.45) is 0 Å². The Hall–Kier alpha value is -3.93. The minimum Gasteiger partial charge on any atom is -0.497 e. The highest BCUT2D eigenvalue weighted by atomic mass is 19.1. The number of benzene rings is 3. The van der Waals surface area contributed by atoms with Crippen molar-refractivity contribution in [3.8, 4) is 11.4 Å². The number of aromatic nitrogens is 1. The monoisotopic (exact) mass is 402 g/mol. The fraction of sp³-hybridized carbons (Fsp3) is 0.0833. The van der Waals surface area contributed by atoms with E-state index in [4.69, 9.17) is 4.74 Å². The van der Waals surface area contributed by atoms with E-state index in [2.05, 4.69) is 0 Å². The molecule has 150 valence electrons. The molecule has 6 heteroatoms. The molecule has 0 aliphatic rings. The van der Waals surface area contributed by atoms with Crippen LogP contribution in [-0.2, 0) is 0 Å². The summed E-state index contributed by atoms with van der Waals surface area (Å²) in [6.45, 7) is 0. The maximum Gasteiger partial charge on any atom is 0.262 e. The van der Waals surface area contributed by atoms with Crippen LogP contribution in [0.5, 0.6) is 5.75 Å². The van der Waals surface area contributed by atoms with Gasteiger partial charge < -0.3 is 9.64 Å². The summed E-state index contributed by atoms with van der Waals surface area (Å²) in [4.78, 5) is 27.9. The van der Waals surface area contributed by atoms with Crippen LogP contribution in [0, 0.1) is 5.82 Å². The second-order valence-electron chi connectivity index (χ2n) is 6.81. The number of nitrogens with zero attached hydrogens (tertiary/aromatic N) is 2. The minimum absolute atomic E-state index is 0.236. The Bertz CT molecular complexity index is 1300. The highest BCUT2D eigenvalue weighted by Crippen LogP contribution is 2.23. The van der Waals surface area contributed by atoms with Crippen molar-refractivity contribution in [2.75, 3.05) is 19.1 Å². The summed E-state index contributed by atoms with van der Waals surface area (Å²) in [5, 5.41) is 0.985. The third-order valence-corrected chi connectivity index (χ3v) is 5.01. The molecule has 0 saturated heterocycles. The Kier molecular flexibility index (Phi) is 5.06. The highest BCUT2D eigenvalue weighted by molar-refractivity contribution is 6.13. The number of rotatable bonds is 4.